The molecule has 8 rings (SSSR count). The number of rotatable bonds is 12. The van der Waals surface area contributed by atoms with Gasteiger partial charge in [0.1, 0.15) is 23.0 Å². The highest BCUT2D eigenvalue weighted by Crippen LogP contribution is 2.60. The Balaban J connectivity index is 1.48. The van der Waals surface area contributed by atoms with E-state index in [0.29, 0.717) is 12.2 Å². The minimum absolute atomic E-state index is 0.0442. The van der Waals surface area contributed by atoms with E-state index in [0.717, 1.165) is 77.9 Å². The zero-order valence-electron chi connectivity index (χ0n) is 28.7. The number of carbonyl (C=O) groups is 1. The van der Waals surface area contributed by atoms with Crippen LogP contribution in [0.1, 0.15) is 46.9 Å². The van der Waals surface area contributed by atoms with Gasteiger partial charge in [0, 0.05) is 100 Å². The van der Waals surface area contributed by atoms with E-state index in [1.54, 1.807) is 28.4 Å². The van der Waals surface area contributed by atoms with Crippen LogP contribution in [0.2, 0.25) is 0 Å². The highest BCUT2D eigenvalue weighted by molar-refractivity contribution is 5.97. The van der Waals surface area contributed by atoms with Crippen molar-refractivity contribution in [3.63, 3.8) is 0 Å². The van der Waals surface area contributed by atoms with E-state index in [1.165, 1.54) is 0 Å². The molecule has 0 radical (unpaired) electrons. The Labute approximate surface area is 294 Å². The average molecular weight is 683 g/mol. The van der Waals surface area contributed by atoms with Crippen molar-refractivity contribution >= 4 is 50.6 Å². The van der Waals surface area contributed by atoms with Gasteiger partial charge >= 0.3 is 5.97 Å². The van der Waals surface area contributed by atoms with Crippen LogP contribution in [0.25, 0.3) is 32.7 Å². The number of benzene rings is 4. The molecule has 0 aliphatic carbocycles. The van der Waals surface area contributed by atoms with Crippen molar-refractivity contribution in [2.24, 2.45) is 4.99 Å². The van der Waals surface area contributed by atoms with E-state index in [4.69, 9.17) is 23.9 Å². The Morgan fingerprint density at radius 3 is 1.61 bits per heavy atom. The van der Waals surface area contributed by atoms with Gasteiger partial charge in [-0.1, -0.05) is 6.07 Å². The van der Waals surface area contributed by atoms with Crippen LogP contribution in [0.4, 0.5) is 5.69 Å². The lowest BCUT2D eigenvalue weighted by molar-refractivity contribution is -0.137. The number of fused-ring (bicyclic) bond motifs is 4. The van der Waals surface area contributed by atoms with Crippen LogP contribution < -0.4 is 18.9 Å². The highest BCUT2D eigenvalue weighted by atomic mass is 16.5. The second-order valence-electron chi connectivity index (χ2n) is 13.0. The maximum absolute atomic E-state index is 12.5. The van der Waals surface area contributed by atoms with Gasteiger partial charge in [-0.25, -0.2) is 0 Å². The molecular weight excluding hydrogens is 644 g/mol. The van der Waals surface area contributed by atoms with Crippen molar-refractivity contribution in [2.45, 2.75) is 30.1 Å². The molecule has 3 aromatic heterocycles. The molecule has 258 valence electrons. The maximum Gasteiger partial charge on any atom is 0.303 e. The topological polar surface area (TPSA) is 134 Å². The number of aliphatic imine (C=N–C) groups is 1. The Hall–Kier alpha value is -6.16. The zero-order valence-corrected chi connectivity index (χ0v) is 28.7. The van der Waals surface area contributed by atoms with Gasteiger partial charge < -0.3 is 39.0 Å². The number of hydrogen-bond donors (Lipinski definition) is 4. The van der Waals surface area contributed by atoms with Crippen LogP contribution in [0.15, 0.2) is 96.4 Å². The number of nitrogens with zero attached hydrogens (tertiary/aromatic N) is 1. The number of aliphatic carboxylic acids is 1. The van der Waals surface area contributed by atoms with E-state index < -0.39 is 11.4 Å². The molecule has 51 heavy (non-hydrogen) atoms. The van der Waals surface area contributed by atoms with Gasteiger partial charge in [0.05, 0.1) is 39.5 Å². The van der Waals surface area contributed by atoms with Crippen LogP contribution in [-0.4, -0.2) is 60.7 Å². The van der Waals surface area contributed by atoms with Gasteiger partial charge in [-0.2, -0.15) is 0 Å². The summed E-state index contributed by atoms with van der Waals surface area (Å²) in [6.07, 6.45) is 8.52. The Kier molecular flexibility index (Phi) is 7.94. The molecule has 2 unspecified atom stereocenters. The third-order valence-corrected chi connectivity index (χ3v) is 10.5. The zero-order chi connectivity index (χ0) is 35.3. The minimum atomic E-state index is -0.879. The fraction of sp³-hybridized carbons (Fsp3) is 0.220. The predicted molar refractivity (Wildman–Crippen MR) is 199 cm³/mol. The van der Waals surface area contributed by atoms with E-state index in [1.807, 2.05) is 60.8 Å². The van der Waals surface area contributed by atoms with Crippen LogP contribution in [-0.2, 0) is 10.2 Å². The van der Waals surface area contributed by atoms with Gasteiger partial charge in [-0.15, -0.1) is 0 Å². The van der Waals surface area contributed by atoms with Crippen LogP contribution in [0, 0.1) is 0 Å². The lowest BCUT2D eigenvalue weighted by atomic mass is 9.57. The molecule has 7 aromatic rings. The normalized spacial score (nSPS) is 15.9. The quantitative estimate of drug-likeness (QED) is 0.102. The van der Waals surface area contributed by atoms with Crippen molar-refractivity contribution < 1.29 is 28.8 Å². The molecule has 10 heteroatoms. The molecule has 1 aliphatic heterocycles. The second kappa shape index (κ2) is 12.6. The first-order valence-electron chi connectivity index (χ1n) is 16.8. The molecule has 0 amide bonds. The fourth-order valence-corrected chi connectivity index (χ4v) is 8.20. The third kappa shape index (κ3) is 5.17. The predicted octanol–water partition coefficient (Wildman–Crippen LogP) is 8.60. The Morgan fingerprint density at radius 1 is 0.667 bits per heavy atom. The summed E-state index contributed by atoms with van der Waals surface area (Å²) < 4.78 is 22.4. The molecule has 0 saturated carbocycles. The summed E-state index contributed by atoms with van der Waals surface area (Å²) in [6, 6.07) is 24.1. The molecule has 0 saturated heterocycles. The number of nitrogens with one attached hydrogen (secondary N) is 3. The van der Waals surface area contributed by atoms with Crippen LogP contribution >= 0.6 is 0 Å². The van der Waals surface area contributed by atoms with Crippen molar-refractivity contribution in [2.75, 3.05) is 28.4 Å². The summed E-state index contributed by atoms with van der Waals surface area (Å²) in [4.78, 5) is 28.1. The van der Waals surface area contributed by atoms with E-state index in [9.17, 15) is 9.90 Å². The van der Waals surface area contributed by atoms with Gasteiger partial charge in [-0.05, 0) is 71.1 Å². The van der Waals surface area contributed by atoms with Gasteiger partial charge in [-0.3, -0.25) is 9.79 Å². The molecule has 4 N–H and O–H groups in total. The van der Waals surface area contributed by atoms with E-state index in [-0.39, 0.29) is 18.3 Å². The summed E-state index contributed by atoms with van der Waals surface area (Å²) in [5, 5.41) is 13.3. The molecule has 10 nitrogen and oxygen atoms in total. The molecule has 0 spiro atoms. The first-order valence-corrected chi connectivity index (χ1v) is 16.8. The standard InChI is InChI=1S/C41H38N4O6/c1-48-23-5-9-27-30(19-42-35(27)15-23)33(13-14-39(46)47)41(22-45-38-18-26(51-4)8-12-34(38)41)40(31-20-43-36-16-24(49-2)6-10-28(31)36)32-21-44-37-17-25(50-3)7-11-29(32)37/h5-12,15-22,33,40,42-44H,13-14H2,1-4H3,(H,46,47). The van der Waals surface area contributed by atoms with Gasteiger partial charge in [0.2, 0.25) is 0 Å². The molecule has 1 aliphatic rings. The number of hydrogen-bond acceptors (Lipinski definition) is 6. The number of carboxylic acid groups (broad SMARTS) is 1. The summed E-state index contributed by atoms with van der Waals surface area (Å²) in [5.74, 6) is 1.33. The first-order chi connectivity index (χ1) is 24.9. The first kappa shape index (κ1) is 32.1. The SMILES string of the molecule is COc1ccc2c(c1)N=CC2(C(CCC(=O)O)c1c[nH]c2cc(OC)ccc12)C(c1c[nH]c2cc(OC)ccc12)c1c[nH]c2cc(OC)ccc12. The van der Waals surface area contributed by atoms with Crippen LogP contribution in [0.3, 0.4) is 0 Å². The van der Waals surface area contributed by atoms with Gasteiger partial charge in [0.15, 0.2) is 0 Å². The lowest BCUT2D eigenvalue weighted by Crippen LogP contribution is -2.41. The summed E-state index contributed by atoms with van der Waals surface area (Å²) in [6.45, 7) is 0. The van der Waals surface area contributed by atoms with Crippen molar-refractivity contribution in [1.82, 2.24) is 15.0 Å². The Morgan fingerprint density at radius 2 is 1.12 bits per heavy atom. The number of aromatic nitrogens is 3. The minimum Gasteiger partial charge on any atom is -0.497 e. The molecule has 4 heterocycles. The van der Waals surface area contributed by atoms with Gasteiger partial charge in [0.25, 0.3) is 0 Å². The smallest absolute Gasteiger partial charge is 0.303 e. The summed E-state index contributed by atoms with van der Waals surface area (Å²) >= 11 is 0. The summed E-state index contributed by atoms with van der Waals surface area (Å²) in [7, 11) is 6.61. The maximum atomic E-state index is 12.5. The van der Waals surface area contributed by atoms with Crippen molar-refractivity contribution in [1.29, 1.82) is 0 Å². The molecule has 4 aromatic carbocycles. The number of H-pyrrole nitrogens is 3. The fourth-order valence-electron chi connectivity index (χ4n) is 8.20. The number of methoxy groups -OCH3 is 4. The summed E-state index contributed by atoms with van der Waals surface area (Å²) in [5.41, 5.74) is 6.73. The largest absolute Gasteiger partial charge is 0.497 e. The second-order valence-corrected chi connectivity index (χ2v) is 13.0. The van der Waals surface area contributed by atoms with E-state index >= 15 is 0 Å². The number of ether oxygens (including phenoxy) is 4. The van der Waals surface area contributed by atoms with Crippen molar-refractivity contribution in [3.05, 3.63) is 114 Å². The lowest BCUT2D eigenvalue weighted by Gasteiger charge is -2.43. The monoisotopic (exact) mass is 682 g/mol. The number of aromatic amines is 3. The molecular formula is C41H38N4O6. The molecule has 0 bridgehead atoms. The molecule has 0 fully saturated rings. The van der Waals surface area contributed by atoms with E-state index in [2.05, 4.69) is 51.8 Å². The van der Waals surface area contributed by atoms with Crippen molar-refractivity contribution in [3.8, 4) is 23.0 Å². The highest BCUT2D eigenvalue weighted by Gasteiger charge is 2.52. The average Bonchev–Trinajstić information content (AvgIpc) is 3.96. The molecule has 2 atom stereocenters. The third-order valence-electron chi connectivity index (χ3n) is 10.5. The van der Waals surface area contributed by atoms with Crippen LogP contribution in [0.5, 0.6) is 23.0 Å². The Bertz CT molecular complexity index is 2370. The number of carboxylic acids is 1.